The fraction of sp³-hybridized carbons (Fsp3) is 0.190. The molecule has 0 aliphatic rings. The summed E-state index contributed by atoms with van der Waals surface area (Å²) in [4.78, 5) is 22.2. The van der Waals surface area contributed by atoms with Crippen LogP contribution in [0.1, 0.15) is 23.6 Å². The number of oxime groups is 2. The number of hydrogen-bond acceptors (Lipinski definition) is 6. The molecular formula is C21H20Cl2N2O4. The van der Waals surface area contributed by atoms with Crippen molar-refractivity contribution in [1.29, 1.82) is 0 Å². The largest absolute Gasteiger partial charge is 0.464 e. The maximum Gasteiger partial charge on any atom is 0.360 e. The van der Waals surface area contributed by atoms with Gasteiger partial charge in [0.15, 0.2) is 5.71 Å². The van der Waals surface area contributed by atoms with Crippen molar-refractivity contribution in [1.82, 2.24) is 0 Å². The Balaban J connectivity index is 2.13. The molecule has 2 rings (SSSR count). The molecule has 152 valence electrons. The van der Waals surface area contributed by atoms with E-state index in [1.165, 1.54) is 14.2 Å². The van der Waals surface area contributed by atoms with Crippen LogP contribution in [0.3, 0.4) is 0 Å². The van der Waals surface area contributed by atoms with Crippen molar-refractivity contribution >= 4 is 46.7 Å². The molecule has 0 heterocycles. The first-order valence-corrected chi connectivity index (χ1v) is 9.30. The SMILES string of the molecule is CON=C(C(=O)OC)c1ccccc1CON=C(C)/C=C/c1c(Cl)cccc1Cl. The zero-order valence-electron chi connectivity index (χ0n) is 16.2. The van der Waals surface area contributed by atoms with Crippen LogP contribution in [0.5, 0.6) is 0 Å². The Labute approximate surface area is 179 Å². The van der Waals surface area contributed by atoms with Crippen LogP contribution < -0.4 is 0 Å². The van der Waals surface area contributed by atoms with E-state index in [1.54, 1.807) is 55.5 Å². The van der Waals surface area contributed by atoms with Crippen LogP contribution in [0.2, 0.25) is 10.0 Å². The minimum atomic E-state index is -0.612. The molecule has 0 aliphatic carbocycles. The molecule has 0 aliphatic heterocycles. The predicted octanol–water partition coefficient (Wildman–Crippen LogP) is 5.12. The standard InChI is InChI=1S/C21H20Cl2N2O4/c1-14(11-12-17-18(22)9-6-10-19(17)23)24-29-13-15-7-4-5-8-16(15)20(25-28-3)21(26)27-2/h4-12H,13H2,1-3H3/b12-11+,24-14?,25-20?. The van der Waals surface area contributed by atoms with E-state index in [-0.39, 0.29) is 12.3 Å². The zero-order chi connectivity index (χ0) is 21.2. The van der Waals surface area contributed by atoms with Crippen molar-refractivity contribution in [2.45, 2.75) is 13.5 Å². The molecule has 0 amide bonds. The molecule has 0 atom stereocenters. The minimum absolute atomic E-state index is 0.0446. The number of carbonyl (C=O) groups is 1. The third kappa shape index (κ3) is 6.34. The number of ether oxygens (including phenoxy) is 1. The van der Waals surface area contributed by atoms with Gasteiger partial charge in [-0.05, 0) is 25.1 Å². The number of benzene rings is 2. The molecule has 0 saturated carbocycles. The van der Waals surface area contributed by atoms with Gasteiger partial charge in [-0.15, -0.1) is 0 Å². The molecule has 2 aromatic rings. The van der Waals surface area contributed by atoms with E-state index in [4.69, 9.17) is 37.6 Å². The average molecular weight is 435 g/mol. The van der Waals surface area contributed by atoms with Crippen LogP contribution in [0.15, 0.2) is 58.9 Å². The van der Waals surface area contributed by atoms with E-state index < -0.39 is 5.97 Å². The highest BCUT2D eigenvalue weighted by Gasteiger charge is 2.19. The summed E-state index contributed by atoms with van der Waals surface area (Å²) >= 11 is 12.3. The van der Waals surface area contributed by atoms with Crippen molar-refractivity contribution in [2.24, 2.45) is 10.3 Å². The Kier molecular flexibility index (Phi) is 8.70. The smallest absolute Gasteiger partial charge is 0.360 e. The van der Waals surface area contributed by atoms with Crippen LogP contribution in [0.4, 0.5) is 0 Å². The quantitative estimate of drug-likeness (QED) is 0.328. The molecule has 0 bridgehead atoms. The molecule has 0 spiro atoms. The lowest BCUT2D eigenvalue weighted by Gasteiger charge is -2.09. The molecule has 0 fully saturated rings. The first-order valence-electron chi connectivity index (χ1n) is 8.54. The molecule has 0 saturated heterocycles. The fourth-order valence-corrected chi connectivity index (χ4v) is 2.89. The van der Waals surface area contributed by atoms with Gasteiger partial charge in [0.05, 0.1) is 12.8 Å². The van der Waals surface area contributed by atoms with Gasteiger partial charge >= 0.3 is 5.97 Å². The second-order valence-corrected chi connectivity index (χ2v) is 6.56. The second kappa shape index (κ2) is 11.2. The lowest BCUT2D eigenvalue weighted by atomic mass is 10.0. The number of carbonyl (C=O) groups excluding carboxylic acids is 1. The van der Waals surface area contributed by atoms with Gasteiger partial charge in [0.25, 0.3) is 0 Å². The second-order valence-electron chi connectivity index (χ2n) is 5.75. The Morgan fingerprint density at radius 1 is 1.03 bits per heavy atom. The number of nitrogens with zero attached hydrogens (tertiary/aromatic N) is 2. The molecule has 0 aromatic heterocycles. The monoisotopic (exact) mass is 434 g/mol. The number of methoxy groups -OCH3 is 1. The summed E-state index contributed by atoms with van der Waals surface area (Å²) in [5, 5.41) is 8.92. The highest BCUT2D eigenvalue weighted by atomic mass is 35.5. The molecule has 29 heavy (non-hydrogen) atoms. The van der Waals surface area contributed by atoms with Gasteiger partial charge < -0.3 is 14.4 Å². The highest BCUT2D eigenvalue weighted by molar-refractivity contribution is 6.43. The number of halogens is 2. The Bertz CT molecular complexity index is 935. The van der Waals surface area contributed by atoms with Gasteiger partial charge in [0.2, 0.25) is 0 Å². The number of rotatable bonds is 8. The minimum Gasteiger partial charge on any atom is -0.464 e. The van der Waals surface area contributed by atoms with Gasteiger partial charge in [-0.2, -0.15) is 0 Å². The normalized spacial score (nSPS) is 12.2. The summed E-state index contributed by atoms with van der Waals surface area (Å²) in [5.74, 6) is -0.612. The number of hydrogen-bond donors (Lipinski definition) is 0. The van der Waals surface area contributed by atoms with Crippen molar-refractivity contribution in [3.05, 3.63) is 75.3 Å². The summed E-state index contributed by atoms with van der Waals surface area (Å²) in [6, 6.07) is 12.4. The fourth-order valence-electron chi connectivity index (χ4n) is 2.37. The van der Waals surface area contributed by atoms with Crippen molar-refractivity contribution in [3.8, 4) is 0 Å². The number of esters is 1. The van der Waals surface area contributed by atoms with Crippen LogP contribution in [-0.4, -0.2) is 31.6 Å². The number of allylic oxidation sites excluding steroid dienone is 1. The Morgan fingerprint density at radius 2 is 1.72 bits per heavy atom. The summed E-state index contributed by atoms with van der Waals surface area (Å²) in [6.45, 7) is 1.90. The van der Waals surface area contributed by atoms with Gasteiger partial charge in [0, 0.05) is 26.7 Å². The third-order valence-corrected chi connectivity index (χ3v) is 4.41. The maximum absolute atomic E-state index is 12.0. The lowest BCUT2D eigenvalue weighted by molar-refractivity contribution is -0.132. The predicted molar refractivity (Wildman–Crippen MR) is 115 cm³/mol. The molecule has 2 aromatic carbocycles. The van der Waals surface area contributed by atoms with E-state index >= 15 is 0 Å². The maximum atomic E-state index is 12.0. The van der Waals surface area contributed by atoms with E-state index in [1.807, 2.05) is 6.07 Å². The average Bonchev–Trinajstić information content (AvgIpc) is 2.71. The van der Waals surface area contributed by atoms with Crippen LogP contribution in [0.25, 0.3) is 6.08 Å². The molecule has 6 nitrogen and oxygen atoms in total. The van der Waals surface area contributed by atoms with Crippen molar-refractivity contribution in [3.63, 3.8) is 0 Å². The molecular weight excluding hydrogens is 415 g/mol. The first-order chi connectivity index (χ1) is 14.0. The van der Waals surface area contributed by atoms with Crippen LogP contribution in [0, 0.1) is 0 Å². The summed E-state index contributed by atoms with van der Waals surface area (Å²) in [6.07, 6.45) is 3.51. The summed E-state index contributed by atoms with van der Waals surface area (Å²) < 4.78 is 4.76. The van der Waals surface area contributed by atoms with E-state index in [0.29, 0.717) is 32.4 Å². The third-order valence-electron chi connectivity index (χ3n) is 3.75. The topological polar surface area (TPSA) is 69.5 Å². The van der Waals surface area contributed by atoms with Gasteiger partial charge in [-0.25, -0.2) is 4.79 Å². The summed E-state index contributed by atoms with van der Waals surface area (Å²) in [5.41, 5.74) is 2.59. The van der Waals surface area contributed by atoms with E-state index in [2.05, 4.69) is 10.3 Å². The van der Waals surface area contributed by atoms with Crippen LogP contribution in [-0.2, 0) is 25.8 Å². The summed E-state index contributed by atoms with van der Waals surface area (Å²) in [7, 11) is 2.63. The molecule has 0 unspecified atom stereocenters. The van der Waals surface area contributed by atoms with E-state index in [9.17, 15) is 4.79 Å². The molecule has 8 heteroatoms. The van der Waals surface area contributed by atoms with Gasteiger partial charge in [-0.3, -0.25) is 0 Å². The van der Waals surface area contributed by atoms with Gasteiger partial charge in [0.1, 0.15) is 13.7 Å². The van der Waals surface area contributed by atoms with Gasteiger partial charge in [-0.1, -0.05) is 69.9 Å². The van der Waals surface area contributed by atoms with Crippen LogP contribution >= 0.6 is 23.2 Å². The van der Waals surface area contributed by atoms with E-state index in [0.717, 1.165) is 0 Å². The molecule has 0 radical (unpaired) electrons. The Hall–Kier alpha value is -2.83. The highest BCUT2D eigenvalue weighted by Crippen LogP contribution is 2.25. The van der Waals surface area contributed by atoms with Crippen molar-refractivity contribution < 1.29 is 19.2 Å². The van der Waals surface area contributed by atoms with Crippen molar-refractivity contribution in [2.75, 3.05) is 14.2 Å². The first kappa shape index (κ1) is 22.5. The molecule has 0 N–H and O–H groups in total. The lowest BCUT2D eigenvalue weighted by Crippen LogP contribution is -2.19. The Morgan fingerprint density at radius 3 is 2.38 bits per heavy atom. The zero-order valence-corrected chi connectivity index (χ0v) is 17.7.